The minimum absolute atomic E-state index is 0.0940. The van der Waals surface area contributed by atoms with E-state index in [2.05, 4.69) is 42.3 Å². The van der Waals surface area contributed by atoms with Crippen molar-refractivity contribution in [3.8, 4) is 22.4 Å². The average molecular weight is 557 g/mol. The SMILES string of the molecule is CCCCCC(=O)OC.CCn1c(-c2ccc(F)cc2)c(-c2ccccc2)c(C(=O)Nc2ccccc2)c1C(C)C. The highest BCUT2D eigenvalue weighted by Gasteiger charge is 2.29. The number of aromatic nitrogens is 1. The van der Waals surface area contributed by atoms with Gasteiger partial charge in [0, 0.05) is 29.9 Å². The molecule has 0 aliphatic heterocycles. The molecular weight excluding hydrogens is 515 g/mol. The molecule has 216 valence electrons. The third-order valence-electron chi connectivity index (χ3n) is 6.82. The lowest BCUT2D eigenvalue weighted by molar-refractivity contribution is -0.140. The number of rotatable bonds is 10. The Hall–Kier alpha value is -4.19. The fraction of sp³-hybridized carbons (Fsp3) is 0.314. The van der Waals surface area contributed by atoms with Crippen molar-refractivity contribution >= 4 is 17.6 Å². The summed E-state index contributed by atoms with van der Waals surface area (Å²) in [7, 11) is 1.42. The summed E-state index contributed by atoms with van der Waals surface area (Å²) in [4.78, 5) is 24.2. The Morgan fingerprint density at radius 1 is 0.854 bits per heavy atom. The van der Waals surface area contributed by atoms with Crippen LogP contribution in [0.25, 0.3) is 22.4 Å². The maximum Gasteiger partial charge on any atom is 0.305 e. The number of hydrogen-bond donors (Lipinski definition) is 1. The van der Waals surface area contributed by atoms with E-state index in [1.54, 1.807) is 12.1 Å². The Labute approximate surface area is 243 Å². The number of carbonyl (C=O) groups excluding carboxylic acids is 2. The smallest absolute Gasteiger partial charge is 0.305 e. The summed E-state index contributed by atoms with van der Waals surface area (Å²) >= 11 is 0. The van der Waals surface area contributed by atoms with Gasteiger partial charge in [0.1, 0.15) is 5.82 Å². The van der Waals surface area contributed by atoms with E-state index in [9.17, 15) is 14.0 Å². The van der Waals surface area contributed by atoms with E-state index >= 15 is 0 Å². The predicted molar refractivity (Wildman–Crippen MR) is 166 cm³/mol. The van der Waals surface area contributed by atoms with Gasteiger partial charge in [0.05, 0.1) is 18.4 Å². The molecule has 1 heterocycles. The zero-order chi connectivity index (χ0) is 29.8. The fourth-order valence-electron chi connectivity index (χ4n) is 4.93. The Kier molecular flexibility index (Phi) is 11.9. The topological polar surface area (TPSA) is 60.3 Å². The van der Waals surface area contributed by atoms with E-state index in [1.807, 2.05) is 60.7 Å². The molecule has 0 bridgehead atoms. The van der Waals surface area contributed by atoms with Crippen LogP contribution in [0.3, 0.4) is 0 Å². The van der Waals surface area contributed by atoms with Gasteiger partial charge in [-0.25, -0.2) is 4.39 Å². The molecule has 0 unspecified atom stereocenters. The molecule has 3 aromatic carbocycles. The third-order valence-corrected chi connectivity index (χ3v) is 6.82. The van der Waals surface area contributed by atoms with Crippen molar-refractivity contribution in [2.24, 2.45) is 0 Å². The molecule has 0 fully saturated rings. The van der Waals surface area contributed by atoms with E-state index in [0.717, 1.165) is 53.0 Å². The Morgan fingerprint density at radius 3 is 2.00 bits per heavy atom. The minimum Gasteiger partial charge on any atom is -0.469 e. The van der Waals surface area contributed by atoms with Crippen LogP contribution >= 0.6 is 0 Å². The molecule has 0 saturated carbocycles. The largest absolute Gasteiger partial charge is 0.469 e. The van der Waals surface area contributed by atoms with Crippen molar-refractivity contribution in [3.63, 3.8) is 0 Å². The molecule has 1 amide bonds. The second-order valence-corrected chi connectivity index (χ2v) is 10.1. The second-order valence-electron chi connectivity index (χ2n) is 10.1. The quantitative estimate of drug-likeness (QED) is 0.157. The zero-order valence-electron chi connectivity index (χ0n) is 24.7. The highest BCUT2D eigenvalue weighted by molar-refractivity contribution is 6.12. The number of carbonyl (C=O) groups is 2. The first-order valence-electron chi connectivity index (χ1n) is 14.3. The Bertz CT molecular complexity index is 1400. The summed E-state index contributed by atoms with van der Waals surface area (Å²) in [6, 6.07) is 25.9. The van der Waals surface area contributed by atoms with Crippen LogP contribution in [0.4, 0.5) is 10.1 Å². The lowest BCUT2D eigenvalue weighted by Crippen LogP contribution is -2.16. The maximum atomic E-state index is 13.7. The van der Waals surface area contributed by atoms with Gasteiger partial charge in [0.15, 0.2) is 0 Å². The van der Waals surface area contributed by atoms with Crippen LogP contribution in [0.5, 0.6) is 0 Å². The van der Waals surface area contributed by atoms with E-state index in [-0.39, 0.29) is 23.6 Å². The summed E-state index contributed by atoms with van der Waals surface area (Å²) in [5.74, 6) is -0.406. The second kappa shape index (κ2) is 15.6. The van der Waals surface area contributed by atoms with Crippen molar-refractivity contribution < 1.29 is 18.7 Å². The van der Waals surface area contributed by atoms with E-state index in [0.29, 0.717) is 18.5 Å². The number of methoxy groups -OCH3 is 1. The molecule has 6 heteroatoms. The Balaban J connectivity index is 0.000000445. The molecule has 1 aromatic heterocycles. The number of para-hydroxylation sites is 1. The summed E-state index contributed by atoms with van der Waals surface area (Å²) < 4.78 is 20.4. The number of amides is 1. The van der Waals surface area contributed by atoms with Gasteiger partial charge >= 0.3 is 5.97 Å². The van der Waals surface area contributed by atoms with Crippen molar-refractivity contribution in [2.45, 2.75) is 65.8 Å². The number of nitrogens with one attached hydrogen (secondary N) is 1. The summed E-state index contributed by atoms with van der Waals surface area (Å²) in [5, 5.41) is 3.08. The molecule has 0 aliphatic carbocycles. The number of ether oxygens (including phenoxy) is 1. The zero-order valence-corrected chi connectivity index (χ0v) is 24.7. The van der Waals surface area contributed by atoms with Crippen molar-refractivity contribution in [1.29, 1.82) is 0 Å². The molecule has 0 spiro atoms. The number of unbranched alkanes of at least 4 members (excludes halogenated alkanes) is 2. The van der Waals surface area contributed by atoms with Gasteiger partial charge in [-0.3, -0.25) is 9.59 Å². The summed E-state index contributed by atoms with van der Waals surface area (Å²) in [5.41, 5.74) is 6.03. The lowest BCUT2D eigenvalue weighted by Gasteiger charge is -2.15. The van der Waals surface area contributed by atoms with Gasteiger partial charge in [-0.05, 0) is 66.8 Å². The number of hydrogen-bond acceptors (Lipinski definition) is 3. The monoisotopic (exact) mass is 556 g/mol. The minimum atomic E-state index is -0.282. The number of esters is 1. The standard InChI is InChI=1S/C28H27FN2O.C7H14O2/c1-4-31-26(19(2)3)25(28(32)30-23-13-9-6-10-14-23)24(20-11-7-5-8-12-20)27(31)21-15-17-22(29)18-16-21;1-3-4-5-6-7(8)9-2/h5-19H,4H2,1-3H3,(H,30,32);3-6H2,1-2H3. The van der Waals surface area contributed by atoms with Gasteiger partial charge in [-0.2, -0.15) is 0 Å². The number of halogens is 1. The first-order valence-corrected chi connectivity index (χ1v) is 14.3. The molecule has 4 rings (SSSR count). The van der Waals surface area contributed by atoms with Crippen LogP contribution in [0.1, 0.15) is 75.3 Å². The Morgan fingerprint density at radius 2 is 1.46 bits per heavy atom. The molecule has 41 heavy (non-hydrogen) atoms. The molecule has 0 radical (unpaired) electrons. The van der Waals surface area contributed by atoms with Gasteiger partial charge < -0.3 is 14.6 Å². The van der Waals surface area contributed by atoms with Crippen LogP contribution in [-0.4, -0.2) is 23.6 Å². The van der Waals surface area contributed by atoms with Crippen LogP contribution in [0, 0.1) is 5.82 Å². The van der Waals surface area contributed by atoms with E-state index in [1.165, 1.54) is 19.2 Å². The maximum absolute atomic E-state index is 13.7. The van der Waals surface area contributed by atoms with Gasteiger partial charge in [0.25, 0.3) is 5.91 Å². The summed E-state index contributed by atoms with van der Waals surface area (Å²) in [6.45, 7) is 9.08. The van der Waals surface area contributed by atoms with Crippen LogP contribution in [-0.2, 0) is 16.1 Å². The van der Waals surface area contributed by atoms with E-state index in [4.69, 9.17) is 0 Å². The van der Waals surface area contributed by atoms with Crippen molar-refractivity contribution in [3.05, 3.63) is 102 Å². The van der Waals surface area contributed by atoms with Gasteiger partial charge in [-0.1, -0.05) is 82.1 Å². The van der Waals surface area contributed by atoms with Crippen LogP contribution in [0.15, 0.2) is 84.9 Å². The van der Waals surface area contributed by atoms with Crippen LogP contribution < -0.4 is 5.32 Å². The normalized spacial score (nSPS) is 10.6. The van der Waals surface area contributed by atoms with Crippen molar-refractivity contribution in [2.75, 3.05) is 12.4 Å². The van der Waals surface area contributed by atoms with Gasteiger partial charge in [0.2, 0.25) is 0 Å². The average Bonchev–Trinajstić information content (AvgIpc) is 3.35. The summed E-state index contributed by atoms with van der Waals surface area (Å²) in [6.07, 6.45) is 3.81. The van der Waals surface area contributed by atoms with Crippen LogP contribution in [0.2, 0.25) is 0 Å². The third kappa shape index (κ3) is 8.16. The lowest BCUT2D eigenvalue weighted by atomic mass is 9.94. The molecule has 0 aliphatic rings. The first kappa shape index (κ1) is 31.3. The van der Waals surface area contributed by atoms with E-state index < -0.39 is 0 Å². The molecule has 0 saturated heterocycles. The number of nitrogens with zero attached hydrogens (tertiary/aromatic N) is 1. The molecule has 4 aromatic rings. The molecule has 5 nitrogen and oxygen atoms in total. The molecule has 0 atom stereocenters. The predicted octanol–water partition coefficient (Wildman–Crippen LogP) is 9.10. The molecular formula is C35H41FN2O3. The van der Waals surface area contributed by atoms with Gasteiger partial charge in [-0.15, -0.1) is 0 Å². The number of benzene rings is 3. The highest BCUT2D eigenvalue weighted by Crippen LogP contribution is 2.42. The highest BCUT2D eigenvalue weighted by atomic mass is 19.1. The first-order chi connectivity index (χ1) is 19.8. The fourth-order valence-corrected chi connectivity index (χ4v) is 4.93. The number of anilines is 1. The molecule has 1 N–H and O–H groups in total. The van der Waals surface area contributed by atoms with Crippen molar-refractivity contribution in [1.82, 2.24) is 4.57 Å².